The van der Waals surface area contributed by atoms with Gasteiger partial charge in [-0.3, -0.25) is 9.69 Å². The minimum Gasteiger partial charge on any atom is -0.355 e. The molecule has 19 heavy (non-hydrogen) atoms. The molecule has 0 aromatic carbocycles. The fourth-order valence-electron chi connectivity index (χ4n) is 2.67. The lowest BCUT2D eigenvalue weighted by Gasteiger charge is -2.31. The van der Waals surface area contributed by atoms with Crippen molar-refractivity contribution >= 4 is 5.91 Å². The number of hydrogen-bond donors (Lipinski definition) is 2. The molecule has 1 heterocycles. The predicted octanol–water partition coefficient (Wildman–Crippen LogP) is 1.22. The Bertz CT molecular complexity index is 271. The van der Waals surface area contributed by atoms with Crippen LogP contribution in [0.2, 0.25) is 0 Å². The maximum absolute atomic E-state index is 11.8. The van der Waals surface area contributed by atoms with E-state index in [9.17, 15) is 4.79 Å². The molecule has 4 heteroatoms. The van der Waals surface area contributed by atoms with Crippen molar-refractivity contribution in [1.82, 2.24) is 15.5 Å². The number of carbonyl (C=O) groups is 1. The summed E-state index contributed by atoms with van der Waals surface area (Å²) in [5.41, 5.74) is 0. The van der Waals surface area contributed by atoms with E-state index < -0.39 is 0 Å². The zero-order valence-corrected chi connectivity index (χ0v) is 12.3. The minimum atomic E-state index is 0.217. The first-order valence-electron chi connectivity index (χ1n) is 7.97. The maximum Gasteiger partial charge on any atom is 0.234 e. The van der Waals surface area contributed by atoms with Gasteiger partial charge in [-0.1, -0.05) is 6.92 Å². The van der Waals surface area contributed by atoms with Crippen molar-refractivity contribution in [1.29, 1.82) is 0 Å². The molecule has 110 valence electrons. The zero-order chi connectivity index (χ0) is 13.5. The largest absolute Gasteiger partial charge is 0.355 e. The second kappa shape index (κ2) is 7.85. The van der Waals surface area contributed by atoms with Gasteiger partial charge in [0.15, 0.2) is 0 Å². The van der Waals surface area contributed by atoms with E-state index in [1.54, 1.807) is 0 Å². The van der Waals surface area contributed by atoms with Gasteiger partial charge in [-0.15, -0.1) is 0 Å². The Morgan fingerprint density at radius 1 is 1.11 bits per heavy atom. The Balaban J connectivity index is 1.53. The van der Waals surface area contributed by atoms with Gasteiger partial charge in [0.05, 0.1) is 6.54 Å². The number of piperidine rings is 1. The Hall–Kier alpha value is -0.610. The Morgan fingerprint density at radius 3 is 2.42 bits per heavy atom. The van der Waals surface area contributed by atoms with Gasteiger partial charge >= 0.3 is 0 Å². The van der Waals surface area contributed by atoms with Crippen LogP contribution in [0.5, 0.6) is 0 Å². The Kier molecular flexibility index (Phi) is 6.11. The lowest BCUT2D eigenvalue weighted by Crippen LogP contribution is -2.43. The average molecular weight is 267 g/mol. The highest BCUT2D eigenvalue weighted by atomic mass is 16.2. The summed E-state index contributed by atoms with van der Waals surface area (Å²) in [6.07, 6.45) is 6.27. The quantitative estimate of drug-likeness (QED) is 0.650. The maximum atomic E-state index is 11.8. The van der Waals surface area contributed by atoms with Crippen LogP contribution in [-0.4, -0.2) is 50.1 Å². The van der Waals surface area contributed by atoms with Crippen LogP contribution in [0, 0.1) is 11.8 Å². The Labute approximate surface area is 117 Å². The Morgan fingerprint density at radius 2 is 1.79 bits per heavy atom. The molecule has 0 atom stereocenters. The van der Waals surface area contributed by atoms with Crippen LogP contribution in [0.15, 0.2) is 0 Å². The van der Waals surface area contributed by atoms with E-state index in [2.05, 4.69) is 22.5 Å². The highest BCUT2D eigenvalue weighted by molar-refractivity contribution is 5.78. The summed E-state index contributed by atoms with van der Waals surface area (Å²) in [5, 5.41) is 6.55. The van der Waals surface area contributed by atoms with Crippen LogP contribution >= 0.6 is 0 Å². The number of carbonyl (C=O) groups excluding carboxylic acids is 1. The van der Waals surface area contributed by atoms with Gasteiger partial charge in [-0.25, -0.2) is 0 Å². The van der Waals surface area contributed by atoms with Crippen molar-refractivity contribution in [3.63, 3.8) is 0 Å². The molecule has 2 aliphatic rings. The SMILES string of the molecule is CCCNCC1CCN(CC(=O)NCC2CC2)CC1. The molecule has 0 radical (unpaired) electrons. The van der Waals surface area contributed by atoms with Gasteiger partial charge in [0.2, 0.25) is 5.91 Å². The first kappa shape index (κ1) is 14.8. The third-order valence-electron chi connectivity index (χ3n) is 4.22. The molecular weight excluding hydrogens is 238 g/mol. The molecule has 0 aromatic heterocycles. The van der Waals surface area contributed by atoms with E-state index in [0.717, 1.165) is 44.6 Å². The van der Waals surface area contributed by atoms with Crippen molar-refractivity contribution in [2.24, 2.45) is 11.8 Å². The molecule has 1 saturated carbocycles. The molecule has 0 unspecified atom stereocenters. The zero-order valence-electron chi connectivity index (χ0n) is 12.3. The average Bonchev–Trinajstić information content (AvgIpc) is 3.23. The van der Waals surface area contributed by atoms with Crippen molar-refractivity contribution in [3.05, 3.63) is 0 Å². The number of rotatable bonds is 8. The third-order valence-corrected chi connectivity index (χ3v) is 4.22. The van der Waals surface area contributed by atoms with E-state index in [0.29, 0.717) is 6.54 Å². The van der Waals surface area contributed by atoms with Crippen molar-refractivity contribution in [2.75, 3.05) is 39.3 Å². The summed E-state index contributed by atoms with van der Waals surface area (Å²) in [4.78, 5) is 14.1. The molecule has 1 aliphatic heterocycles. The molecule has 0 aromatic rings. The summed E-state index contributed by atoms with van der Waals surface area (Å²) in [6, 6.07) is 0. The van der Waals surface area contributed by atoms with Gasteiger partial charge in [0.25, 0.3) is 0 Å². The van der Waals surface area contributed by atoms with E-state index in [1.165, 1.54) is 32.1 Å². The summed E-state index contributed by atoms with van der Waals surface area (Å²) in [6.45, 7) is 8.14. The molecule has 1 saturated heterocycles. The van der Waals surface area contributed by atoms with Crippen molar-refractivity contribution < 1.29 is 4.79 Å². The fourth-order valence-corrected chi connectivity index (χ4v) is 2.67. The number of nitrogens with one attached hydrogen (secondary N) is 2. The summed E-state index contributed by atoms with van der Waals surface area (Å²) in [5.74, 6) is 1.80. The molecule has 2 fully saturated rings. The number of amides is 1. The van der Waals surface area contributed by atoms with Crippen LogP contribution in [0.3, 0.4) is 0 Å². The van der Waals surface area contributed by atoms with E-state index in [-0.39, 0.29) is 5.91 Å². The lowest BCUT2D eigenvalue weighted by atomic mass is 9.97. The van der Waals surface area contributed by atoms with E-state index in [1.807, 2.05) is 0 Å². The topological polar surface area (TPSA) is 44.4 Å². The molecule has 0 spiro atoms. The second-order valence-electron chi connectivity index (χ2n) is 6.17. The smallest absolute Gasteiger partial charge is 0.234 e. The van der Waals surface area contributed by atoms with Crippen molar-refractivity contribution in [2.45, 2.75) is 39.0 Å². The molecule has 2 N–H and O–H groups in total. The molecule has 0 bridgehead atoms. The second-order valence-corrected chi connectivity index (χ2v) is 6.17. The van der Waals surface area contributed by atoms with Gasteiger partial charge in [0, 0.05) is 6.54 Å². The normalized spacial score (nSPS) is 21.5. The van der Waals surface area contributed by atoms with E-state index in [4.69, 9.17) is 0 Å². The first-order valence-corrected chi connectivity index (χ1v) is 7.97. The summed E-state index contributed by atoms with van der Waals surface area (Å²) in [7, 11) is 0. The predicted molar refractivity (Wildman–Crippen MR) is 78.1 cm³/mol. The molecule has 2 rings (SSSR count). The molecule has 1 aliphatic carbocycles. The van der Waals surface area contributed by atoms with Crippen LogP contribution in [-0.2, 0) is 4.79 Å². The molecule has 4 nitrogen and oxygen atoms in total. The lowest BCUT2D eigenvalue weighted by molar-refractivity contribution is -0.122. The standard InChI is InChI=1S/C15H29N3O/c1-2-7-16-10-14-5-8-18(9-6-14)12-15(19)17-11-13-3-4-13/h13-14,16H,2-12H2,1H3,(H,17,19). The van der Waals surface area contributed by atoms with Gasteiger partial charge < -0.3 is 10.6 Å². The van der Waals surface area contributed by atoms with Crippen LogP contribution in [0.4, 0.5) is 0 Å². The number of nitrogens with zero attached hydrogens (tertiary/aromatic N) is 1. The third kappa shape index (κ3) is 5.91. The number of hydrogen-bond acceptors (Lipinski definition) is 3. The van der Waals surface area contributed by atoms with Gasteiger partial charge in [0.1, 0.15) is 0 Å². The highest BCUT2D eigenvalue weighted by Gasteiger charge is 2.23. The van der Waals surface area contributed by atoms with Crippen LogP contribution in [0.1, 0.15) is 39.0 Å². The van der Waals surface area contributed by atoms with Gasteiger partial charge in [-0.2, -0.15) is 0 Å². The fraction of sp³-hybridized carbons (Fsp3) is 0.933. The number of likely N-dealkylation sites (tertiary alicyclic amines) is 1. The van der Waals surface area contributed by atoms with Gasteiger partial charge in [-0.05, 0) is 70.1 Å². The van der Waals surface area contributed by atoms with E-state index >= 15 is 0 Å². The first-order chi connectivity index (χ1) is 9.28. The highest BCUT2D eigenvalue weighted by Crippen LogP contribution is 2.27. The monoisotopic (exact) mass is 267 g/mol. The van der Waals surface area contributed by atoms with Crippen LogP contribution in [0.25, 0.3) is 0 Å². The summed E-state index contributed by atoms with van der Waals surface area (Å²) >= 11 is 0. The molecule has 1 amide bonds. The van der Waals surface area contributed by atoms with Crippen molar-refractivity contribution in [3.8, 4) is 0 Å². The minimum absolute atomic E-state index is 0.217. The summed E-state index contributed by atoms with van der Waals surface area (Å²) < 4.78 is 0. The van der Waals surface area contributed by atoms with Crippen LogP contribution < -0.4 is 10.6 Å². The molecular formula is C15H29N3O.